The van der Waals surface area contributed by atoms with Gasteiger partial charge in [0.2, 0.25) is 0 Å². The molecule has 0 saturated carbocycles. The quantitative estimate of drug-likeness (QED) is 0.739. The van der Waals surface area contributed by atoms with Gasteiger partial charge in [-0.15, -0.1) is 0 Å². The molecule has 1 saturated heterocycles. The molecule has 0 spiro atoms. The molecule has 0 unspecified atom stereocenters. The number of carbonyl (C=O) groups is 1. The topological polar surface area (TPSA) is 89.9 Å². The molecule has 7 nitrogen and oxygen atoms in total. The second-order valence-electron chi connectivity index (χ2n) is 7.11. The third kappa shape index (κ3) is 4.03. The lowest BCUT2D eigenvalue weighted by molar-refractivity contribution is 0.0594. The smallest absolute Gasteiger partial charge is 0.254 e. The lowest BCUT2D eigenvalue weighted by atomic mass is 9.97. The van der Waals surface area contributed by atoms with E-state index in [-0.39, 0.29) is 11.9 Å². The number of benzene rings is 1. The Bertz CT molecular complexity index is 922. The van der Waals surface area contributed by atoms with Crippen molar-refractivity contribution in [3.8, 4) is 11.3 Å². The number of amides is 1. The van der Waals surface area contributed by atoms with Crippen molar-refractivity contribution in [1.82, 2.24) is 24.6 Å². The van der Waals surface area contributed by atoms with E-state index in [0.29, 0.717) is 17.1 Å². The number of carbonyl (C=O) groups excluding carboxylic acids is 1. The Morgan fingerprint density at radius 2 is 2.11 bits per heavy atom. The number of aryl methyl sites for hydroxylation is 1. The minimum Gasteiger partial charge on any atom is -0.382 e. The summed E-state index contributed by atoms with van der Waals surface area (Å²) < 4.78 is 1.93. The van der Waals surface area contributed by atoms with Crippen molar-refractivity contribution in [3.05, 3.63) is 60.7 Å². The average Bonchev–Trinajstić information content (AvgIpc) is 3.26. The number of likely N-dealkylation sites (tertiary alicyclic amines) is 1. The maximum absolute atomic E-state index is 13.3. The summed E-state index contributed by atoms with van der Waals surface area (Å²) >= 11 is 0. The average molecular weight is 376 g/mol. The molecule has 4 rings (SSSR count). The molecule has 0 bridgehead atoms. The van der Waals surface area contributed by atoms with Crippen LogP contribution in [0.15, 0.2) is 55.1 Å². The van der Waals surface area contributed by atoms with Gasteiger partial charge in [0.15, 0.2) is 0 Å². The fourth-order valence-electron chi connectivity index (χ4n) is 3.75. The molecule has 3 aromatic rings. The summed E-state index contributed by atoms with van der Waals surface area (Å²) in [5, 5.41) is 4.27. The van der Waals surface area contributed by atoms with Crippen LogP contribution in [0, 0.1) is 0 Å². The van der Waals surface area contributed by atoms with Gasteiger partial charge in [-0.2, -0.15) is 5.10 Å². The lowest BCUT2D eigenvalue weighted by Gasteiger charge is -2.36. The summed E-state index contributed by atoms with van der Waals surface area (Å²) in [4.78, 5) is 23.7. The van der Waals surface area contributed by atoms with Crippen molar-refractivity contribution in [2.45, 2.75) is 38.3 Å². The largest absolute Gasteiger partial charge is 0.382 e. The van der Waals surface area contributed by atoms with Crippen molar-refractivity contribution in [2.75, 3.05) is 12.3 Å². The van der Waals surface area contributed by atoms with Crippen LogP contribution in [0.2, 0.25) is 0 Å². The zero-order valence-electron chi connectivity index (χ0n) is 15.7. The molecule has 2 N–H and O–H groups in total. The van der Waals surface area contributed by atoms with Gasteiger partial charge in [0, 0.05) is 42.7 Å². The van der Waals surface area contributed by atoms with Crippen LogP contribution in [0.25, 0.3) is 11.3 Å². The summed E-state index contributed by atoms with van der Waals surface area (Å²) in [5.74, 6) is 0.458. The SMILES string of the molecule is Nc1cnc(-c2cccc(C(=O)N3CCCC[C@@H]3CCn3cccn3)c2)cn1. The molecule has 1 amide bonds. The summed E-state index contributed by atoms with van der Waals surface area (Å²) in [5.41, 5.74) is 7.87. The van der Waals surface area contributed by atoms with E-state index in [0.717, 1.165) is 44.3 Å². The molecule has 0 aliphatic carbocycles. The van der Waals surface area contributed by atoms with E-state index in [1.807, 2.05) is 46.1 Å². The van der Waals surface area contributed by atoms with Gasteiger partial charge in [0.25, 0.3) is 5.91 Å². The molecule has 7 heteroatoms. The third-order valence-corrected chi connectivity index (χ3v) is 5.22. The van der Waals surface area contributed by atoms with Crippen LogP contribution in [0.1, 0.15) is 36.0 Å². The zero-order chi connectivity index (χ0) is 19.3. The Morgan fingerprint density at radius 1 is 1.18 bits per heavy atom. The predicted octanol–water partition coefficient (Wildman–Crippen LogP) is 3.01. The first-order valence-electron chi connectivity index (χ1n) is 9.67. The Labute approximate surface area is 164 Å². The molecule has 1 aliphatic rings. The van der Waals surface area contributed by atoms with Crippen LogP contribution in [-0.4, -0.2) is 43.1 Å². The normalized spacial score (nSPS) is 16.9. The van der Waals surface area contributed by atoms with E-state index in [4.69, 9.17) is 5.73 Å². The van der Waals surface area contributed by atoms with E-state index < -0.39 is 0 Å². The summed E-state index contributed by atoms with van der Waals surface area (Å²) in [6.45, 7) is 1.62. The molecule has 1 atom stereocenters. The minimum absolute atomic E-state index is 0.0791. The molecular formula is C21H24N6O. The maximum atomic E-state index is 13.3. The molecule has 144 valence electrons. The second kappa shape index (κ2) is 8.21. The number of aromatic nitrogens is 4. The molecule has 28 heavy (non-hydrogen) atoms. The van der Waals surface area contributed by atoms with Crippen LogP contribution < -0.4 is 5.73 Å². The number of rotatable bonds is 5. The van der Waals surface area contributed by atoms with Crippen LogP contribution >= 0.6 is 0 Å². The van der Waals surface area contributed by atoms with Crippen molar-refractivity contribution in [1.29, 1.82) is 0 Å². The first-order chi connectivity index (χ1) is 13.7. The van der Waals surface area contributed by atoms with Gasteiger partial charge >= 0.3 is 0 Å². The van der Waals surface area contributed by atoms with Crippen LogP contribution in [0.4, 0.5) is 5.82 Å². The van der Waals surface area contributed by atoms with Crippen LogP contribution in [0.3, 0.4) is 0 Å². The molecule has 1 aromatic carbocycles. The Kier molecular flexibility index (Phi) is 5.32. The van der Waals surface area contributed by atoms with Crippen LogP contribution in [0.5, 0.6) is 0 Å². The summed E-state index contributed by atoms with van der Waals surface area (Å²) in [6.07, 6.45) is 11.1. The summed E-state index contributed by atoms with van der Waals surface area (Å²) in [6, 6.07) is 9.75. The number of nitrogens with two attached hydrogens (primary N) is 1. The highest BCUT2D eigenvalue weighted by Crippen LogP contribution is 2.24. The van der Waals surface area contributed by atoms with E-state index >= 15 is 0 Å². The molecule has 1 fully saturated rings. The number of nitrogen functional groups attached to an aromatic ring is 1. The van der Waals surface area contributed by atoms with Gasteiger partial charge in [-0.05, 0) is 43.9 Å². The minimum atomic E-state index is 0.0791. The summed E-state index contributed by atoms with van der Waals surface area (Å²) in [7, 11) is 0. The van der Waals surface area contributed by atoms with Gasteiger partial charge in [-0.25, -0.2) is 4.98 Å². The Balaban J connectivity index is 1.51. The highest BCUT2D eigenvalue weighted by Gasteiger charge is 2.27. The van der Waals surface area contributed by atoms with Crippen molar-refractivity contribution in [3.63, 3.8) is 0 Å². The van der Waals surface area contributed by atoms with Crippen LogP contribution in [-0.2, 0) is 6.54 Å². The molecular weight excluding hydrogens is 352 g/mol. The number of hydrogen-bond donors (Lipinski definition) is 1. The van der Waals surface area contributed by atoms with Gasteiger partial charge in [0.1, 0.15) is 5.82 Å². The first-order valence-corrected chi connectivity index (χ1v) is 9.67. The number of anilines is 1. The first kappa shape index (κ1) is 18.2. The highest BCUT2D eigenvalue weighted by molar-refractivity contribution is 5.95. The van der Waals surface area contributed by atoms with E-state index in [1.54, 1.807) is 12.4 Å². The number of hydrogen-bond acceptors (Lipinski definition) is 5. The van der Waals surface area contributed by atoms with Gasteiger partial charge in [0.05, 0.1) is 18.1 Å². The van der Waals surface area contributed by atoms with E-state index in [1.165, 1.54) is 6.20 Å². The second-order valence-corrected chi connectivity index (χ2v) is 7.11. The van der Waals surface area contributed by atoms with Gasteiger partial charge in [-0.3, -0.25) is 14.5 Å². The standard InChI is InChI=1S/C21H24N6O/c22-20-15-23-19(14-24-20)16-5-3-6-17(13-16)21(28)27-11-2-1-7-18(27)8-12-26-10-4-9-25-26/h3-6,9-10,13-15,18H,1-2,7-8,11-12H2,(H2,22,24)/t18-/m1/s1. The monoisotopic (exact) mass is 376 g/mol. The number of nitrogens with zero attached hydrogens (tertiary/aromatic N) is 5. The molecule has 2 aromatic heterocycles. The Hall–Kier alpha value is -3.22. The molecule has 0 radical (unpaired) electrons. The fourth-order valence-corrected chi connectivity index (χ4v) is 3.75. The van der Waals surface area contributed by atoms with Gasteiger partial charge < -0.3 is 10.6 Å². The fraction of sp³-hybridized carbons (Fsp3) is 0.333. The predicted molar refractivity (Wildman–Crippen MR) is 107 cm³/mol. The van der Waals surface area contributed by atoms with Crippen molar-refractivity contribution in [2.24, 2.45) is 0 Å². The van der Waals surface area contributed by atoms with Crippen molar-refractivity contribution >= 4 is 11.7 Å². The highest BCUT2D eigenvalue weighted by atomic mass is 16.2. The third-order valence-electron chi connectivity index (χ3n) is 5.22. The van der Waals surface area contributed by atoms with E-state index in [9.17, 15) is 4.79 Å². The van der Waals surface area contributed by atoms with Crippen molar-refractivity contribution < 1.29 is 4.79 Å². The zero-order valence-corrected chi connectivity index (χ0v) is 15.7. The van der Waals surface area contributed by atoms with E-state index in [2.05, 4.69) is 15.1 Å². The van der Waals surface area contributed by atoms with Gasteiger partial charge in [-0.1, -0.05) is 12.1 Å². The molecule has 1 aliphatic heterocycles. The maximum Gasteiger partial charge on any atom is 0.254 e. The number of piperidine rings is 1. The molecule has 3 heterocycles. The lowest BCUT2D eigenvalue weighted by Crippen LogP contribution is -2.44. The Morgan fingerprint density at radius 3 is 2.89 bits per heavy atom.